The van der Waals surface area contributed by atoms with Gasteiger partial charge in [-0.1, -0.05) is 6.92 Å². The molecular formula is C26H32O7. The lowest BCUT2D eigenvalue weighted by atomic mass is 9.57. The number of esters is 2. The molecule has 178 valence electrons. The Morgan fingerprint density at radius 1 is 1.21 bits per heavy atom. The fourth-order valence-corrected chi connectivity index (χ4v) is 5.57. The van der Waals surface area contributed by atoms with Crippen LogP contribution in [0.2, 0.25) is 0 Å². The predicted octanol–water partition coefficient (Wildman–Crippen LogP) is 3.83. The highest BCUT2D eigenvalue weighted by Gasteiger charge is 2.62. The number of carbonyl (C=O) groups excluding carboxylic acids is 2. The second-order valence-electron chi connectivity index (χ2n) is 9.59. The van der Waals surface area contributed by atoms with E-state index in [1.165, 1.54) is 6.08 Å². The summed E-state index contributed by atoms with van der Waals surface area (Å²) >= 11 is 0. The van der Waals surface area contributed by atoms with E-state index in [2.05, 4.69) is 6.92 Å². The fourth-order valence-electron chi connectivity index (χ4n) is 5.57. The second kappa shape index (κ2) is 8.52. The van der Waals surface area contributed by atoms with Gasteiger partial charge in [0.2, 0.25) is 0 Å². The van der Waals surface area contributed by atoms with Crippen molar-refractivity contribution in [3.63, 3.8) is 0 Å². The van der Waals surface area contributed by atoms with Gasteiger partial charge in [-0.05, 0) is 80.4 Å². The maximum atomic E-state index is 12.7. The van der Waals surface area contributed by atoms with Gasteiger partial charge >= 0.3 is 11.9 Å². The molecule has 1 saturated heterocycles. The van der Waals surface area contributed by atoms with Crippen molar-refractivity contribution >= 4 is 18.0 Å². The molecule has 0 amide bonds. The Morgan fingerprint density at radius 3 is 2.67 bits per heavy atom. The molecule has 1 aromatic rings. The molecule has 1 aromatic carbocycles. The molecule has 1 saturated carbocycles. The van der Waals surface area contributed by atoms with Crippen LogP contribution in [0.3, 0.4) is 0 Å². The highest BCUT2D eigenvalue weighted by Crippen LogP contribution is 2.57. The highest BCUT2D eigenvalue weighted by atomic mass is 16.6. The standard InChI is InChI=1S/C26H32O7/c1-15-19(32-21(27)9-6-17-14-18(30-4)7-8-20(17)31-5)10-11-25(3)12-13-26(29)16(2)24(28)33-23(26)22(15)25/h6-9,14,16,19,23,29H,10-13H2,1-5H3/b9-6+. The first-order valence-corrected chi connectivity index (χ1v) is 11.4. The topological polar surface area (TPSA) is 91.3 Å². The Bertz CT molecular complexity index is 1030. The molecule has 4 rings (SSSR count). The molecule has 33 heavy (non-hydrogen) atoms. The van der Waals surface area contributed by atoms with Gasteiger partial charge in [0.25, 0.3) is 0 Å². The van der Waals surface area contributed by atoms with E-state index in [1.54, 1.807) is 45.4 Å². The van der Waals surface area contributed by atoms with Crippen LogP contribution in [0.1, 0.15) is 52.0 Å². The molecule has 7 heteroatoms. The minimum atomic E-state index is -1.21. The number of aliphatic hydroxyl groups is 1. The van der Waals surface area contributed by atoms with Crippen molar-refractivity contribution in [1.82, 2.24) is 0 Å². The largest absolute Gasteiger partial charge is 0.497 e. The minimum Gasteiger partial charge on any atom is -0.497 e. The molecule has 1 heterocycles. The summed E-state index contributed by atoms with van der Waals surface area (Å²) in [6.45, 7) is 5.79. The Hall–Kier alpha value is -2.80. The van der Waals surface area contributed by atoms with Gasteiger partial charge in [-0.3, -0.25) is 4.79 Å². The van der Waals surface area contributed by atoms with E-state index in [1.807, 2.05) is 6.92 Å². The van der Waals surface area contributed by atoms with E-state index < -0.39 is 29.7 Å². The first-order valence-electron chi connectivity index (χ1n) is 11.4. The van der Waals surface area contributed by atoms with Gasteiger partial charge in [-0.2, -0.15) is 0 Å². The summed E-state index contributed by atoms with van der Waals surface area (Å²) in [5.74, 6) is -0.153. The maximum absolute atomic E-state index is 12.7. The molecular weight excluding hydrogens is 424 g/mol. The molecule has 7 nitrogen and oxygen atoms in total. The SMILES string of the molecule is COc1ccc(OC)c(/C=C/C(=O)OC2CCC3(C)CCC4(O)C(C)C(=O)OC4C3=C2C)c1. The monoisotopic (exact) mass is 456 g/mol. The zero-order valence-corrected chi connectivity index (χ0v) is 19.8. The minimum absolute atomic E-state index is 0.183. The Balaban J connectivity index is 1.56. The molecule has 2 aliphatic carbocycles. The van der Waals surface area contributed by atoms with E-state index in [9.17, 15) is 14.7 Å². The van der Waals surface area contributed by atoms with Crippen molar-refractivity contribution in [2.75, 3.05) is 14.2 Å². The summed E-state index contributed by atoms with van der Waals surface area (Å²) in [6.07, 6.45) is 4.66. The van der Waals surface area contributed by atoms with Gasteiger partial charge in [0.15, 0.2) is 6.10 Å². The number of hydrogen-bond donors (Lipinski definition) is 1. The van der Waals surface area contributed by atoms with Crippen LogP contribution in [-0.4, -0.2) is 49.1 Å². The first-order chi connectivity index (χ1) is 15.6. The van der Waals surface area contributed by atoms with E-state index in [0.717, 1.165) is 24.0 Å². The number of benzene rings is 1. The normalized spacial score (nSPS) is 33.4. The lowest BCUT2D eigenvalue weighted by Gasteiger charge is -2.50. The molecule has 0 radical (unpaired) electrons. The number of methoxy groups -OCH3 is 2. The van der Waals surface area contributed by atoms with Crippen LogP contribution in [-0.2, 0) is 19.1 Å². The van der Waals surface area contributed by atoms with Crippen molar-refractivity contribution in [1.29, 1.82) is 0 Å². The predicted molar refractivity (Wildman–Crippen MR) is 122 cm³/mol. The zero-order chi connectivity index (χ0) is 24.0. The summed E-state index contributed by atoms with van der Waals surface area (Å²) in [5, 5.41) is 11.3. The van der Waals surface area contributed by atoms with Crippen molar-refractivity contribution in [3.05, 3.63) is 41.0 Å². The van der Waals surface area contributed by atoms with Crippen LogP contribution in [0.25, 0.3) is 6.08 Å². The van der Waals surface area contributed by atoms with E-state index in [4.69, 9.17) is 18.9 Å². The van der Waals surface area contributed by atoms with Crippen LogP contribution < -0.4 is 9.47 Å². The molecule has 1 aliphatic heterocycles. The molecule has 1 N–H and O–H groups in total. The number of hydrogen-bond acceptors (Lipinski definition) is 7. The van der Waals surface area contributed by atoms with Crippen LogP contribution in [0.5, 0.6) is 11.5 Å². The number of carbonyl (C=O) groups is 2. The highest BCUT2D eigenvalue weighted by molar-refractivity contribution is 5.88. The molecule has 5 unspecified atom stereocenters. The van der Waals surface area contributed by atoms with Crippen molar-refractivity contribution in [3.8, 4) is 11.5 Å². The lowest BCUT2D eigenvalue weighted by molar-refractivity contribution is -0.146. The van der Waals surface area contributed by atoms with Gasteiger partial charge in [0.1, 0.15) is 23.2 Å². The Morgan fingerprint density at radius 2 is 1.97 bits per heavy atom. The quantitative estimate of drug-likeness (QED) is 0.409. The Kier molecular flexibility index (Phi) is 6.03. The second-order valence-corrected chi connectivity index (χ2v) is 9.59. The summed E-state index contributed by atoms with van der Waals surface area (Å²) in [4.78, 5) is 25.0. The van der Waals surface area contributed by atoms with Gasteiger partial charge in [-0.25, -0.2) is 4.79 Å². The smallest absolute Gasteiger partial charge is 0.331 e. The van der Waals surface area contributed by atoms with Crippen molar-refractivity contribution in [2.24, 2.45) is 11.3 Å². The molecule has 3 aliphatic rings. The van der Waals surface area contributed by atoms with Gasteiger partial charge in [-0.15, -0.1) is 0 Å². The average Bonchev–Trinajstić information content (AvgIpc) is 3.03. The number of rotatable bonds is 5. The summed E-state index contributed by atoms with van der Waals surface area (Å²) < 4.78 is 22.1. The summed E-state index contributed by atoms with van der Waals surface area (Å²) in [6, 6.07) is 5.33. The maximum Gasteiger partial charge on any atom is 0.331 e. The third-order valence-electron chi connectivity index (χ3n) is 7.74. The molecule has 0 aromatic heterocycles. The zero-order valence-electron chi connectivity index (χ0n) is 19.8. The number of ether oxygens (including phenoxy) is 4. The van der Waals surface area contributed by atoms with Crippen LogP contribution >= 0.6 is 0 Å². The summed E-state index contributed by atoms with van der Waals surface area (Å²) in [7, 11) is 3.14. The van der Waals surface area contributed by atoms with Gasteiger partial charge in [0, 0.05) is 11.6 Å². The molecule has 0 spiro atoms. The van der Waals surface area contributed by atoms with Gasteiger partial charge < -0.3 is 24.1 Å². The molecule has 0 bridgehead atoms. The number of fused-ring (bicyclic) bond motifs is 3. The van der Waals surface area contributed by atoms with E-state index in [0.29, 0.717) is 29.9 Å². The van der Waals surface area contributed by atoms with E-state index >= 15 is 0 Å². The van der Waals surface area contributed by atoms with Crippen LogP contribution in [0.15, 0.2) is 35.4 Å². The molecule has 2 fully saturated rings. The third-order valence-corrected chi connectivity index (χ3v) is 7.74. The van der Waals surface area contributed by atoms with Crippen molar-refractivity contribution in [2.45, 2.75) is 64.3 Å². The molecule has 5 atom stereocenters. The fraction of sp³-hybridized carbons (Fsp3) is 0.538. The summed E-state index contributed by atoms with van der Waals surface area (Å²) in [5.41, 5.74) is 1.09. The average molecular weight is 457 g/mol. The van der Waals surface area contributed by atoms with Crippen molar-refractivity contribution < 1.29 is 33.6 Å². The van der Waals surface area contributed by atoms with E-state index in [-0.39, 0.29) is 11.4 Å². The van der Waals surface area contributed by atoms with Crippen LogP contribution in [0, 0.1) is 11.3 Å². The first kappa shape index (κ1) is 23.4. The van der Waals surface area contributed by atoms with Crippen LogP contribution in [0.4, 0.5) is 0 Å². The van der Waals surface area contributed by atoms with Gasteiger partial charge in [0.05, 0.1) is 20.1 Å². The Labute approximate surface area is 194 Å². The lowest BCUT2D eigenvalue weighted by Crippen LogP contribution is -2.53. The third kappa shape index (κ3) is 3.92.